The number of amides is 1. The number of carbonyl (C=O) groups excluding carboxylic acids is 1. The zero-order valence-corrected chi connectivity index (χ0v) is 48.2. The maximum atomic E-state index is 13.1. The molecule has 0 bridgehead atoms. The second-order valence-electron chi connectivity index (χ2n) is 22.3. The van der Waals surface area contributed by atoms with E-state index in [-0.39, 0.29) is 6.61 Å². The van der Waals surface area contributed by atoms with Crippen molar-refractivity contribution in [3.8, 4) is 0 Å². The molecule has 0 aliphatic carbocycles. The number of ether oxygens (including phenoxy) is 2. The van der Waals surface area contributed by atoms with Gasteiger partial charge in [0.15, 0.2) is 6.29 Å². The van der Waals surface area contributed by atoms with Gasteiger partial charge >= 0.3 is 0 Å². The molecule has 8 atom stereocenters. The monoisotopic (exact) mass is 1050 g/mol. The number of unbranched alkanes of at least 4 members (excludes halogenated alkanes) is 40. The van der Waals surface area contributed by atoms with Gasteiger partial charge in [0.25, 0.3) is 0 Å². The zero-order chi connectivity index (χ0) is 53.8. The second-order valence-corrected chi connectivity index (χ2v) is 22.3. The van der Waals surface area contributed by atoms with Crippen molar-refractivity contribution in [2.24, 2.45) is 0 Å². The summed E-state index contributed by atoms with van der Waals surface area (Å²) in [5, 5.41) is 64.9. The van der Waals surface area contributed by atoms with Crippen LogP contribution >= 0.6 is 0 Å². The number of hydrogen-bond donors (Lipinski definition) is 7. The lowest BCUT2D eigenvalue weighted by Crippen LogP contribution is -2.60. The summed E-state index contributed by atoms with van der Waals surface area (Å²) >= 11 is 0. The second kappa shape index (κ2) is 53.4. The van der Waals surface area contributed by atoms with Crippen molar-refractivity contribution in [1.29, 1.82) is 0 Å². The van der Waals surface area contributed by atoms with Crippen molar-refractivity contribution in [2.45, 2.75) is 352 Å². The topological polar surface area (TPSA) is 169 Å². The molecule has 1 aliphatic heterocycles. The minimum absolute atomic E-state index is 0.304. The van der Waals surface area contributed by atoms with Gasteiger partial charge in [-0.2, -0.15) is 0 Å². The van der Waals surface area contributed by atoms with Crippen molar-refractivity contribution in [2.75, 3.05) is 13.2 Å². The molecule has 10 heteroatoms. The van der Waals surface area contributed by atoms with E-state index in [0.717, 1.165) is 44.9 Å². The van der Waals surface area contributed by atoms with Crippen LogP contribution in [-0.4, -0.2) is 98.7 Å². The summed E-state index contributed by atoms with van der Waals surface area (Å²) in [5.41, 5.74) is 0. The molecule has 436 valence electrons. The number of aliphatic hydroxyl groups is 6. The third-order valence-corrected chi connectivity index (χ3v) is 15.3. The third-order valence-electron chi connectivity index (χ3n) is 15.3. The SMILES string of the molecule is CCCCC/C=C/CC/C=C/CC/C=C/C(O)C(COC1OC(CO)C(O)C(O)C1O)NC(=O)C(O)CCCCCCCCCCCCCCCCCCCCCCCCCCCCCCCCCCCCCC. The molecule has 1 rings (SSSR count). The first-order valence-electron chi connectivity index (χ1n) is 31.8. The first kappa shape index (κ1) is 70.4. The minimum Gasteiger partial charge on any atom is -0.394 e. The van der Waals surface area contributed by atoms with Gasteiger partial charge in [-0.1, -0.05) is 294 Å². The molecule has 0 saturated carbocycles. The maximum Gasteiger partial charge on any atom is 0.249 e. The van der Waals surface area contributed by atoms with Crippen molar-refractivity contribution in [3.05, 3.63) is 36.5 Å². The molecule has 1 fully saturated rings. The fourth-order valence-corrected chi connectivity index (χ4v) is 10.2. The quantitative estimate of drug-likeness (QED) is 0.0232. The highest BCUT2D eigenvalue weighted by Gasteiger charge is 2.44. The lowest BCUT2D eigenvalue weighted by atomic mass is 9.99. The molecule has 0 aromatic rings. The zero-order valence-electron chi connectivity index (χ0n) is 48.2. The Morgan fingerprint density at radius 1 is 0.459 bits per heavy atom. The Morgan fingerprint density at radius 2 is 0.797 bits per heavy atom. The predicted octanol–water partition coefficient (Wildman–Crippen LogP) is 15.3. The van der Waals surface area contributed by atoms with E-state index in [2.05, 4.69) is 43.5 Å². The van der Waals surface area contributed by atoms with Crippen molar-refractivity contribution >= 4 is 5.91 Å². The Labute approximate surface area is 455 Å². The summed E-state index contributed by atoms with van der Waals surface area (Å²) in [6, 6.07) is -1.00. The van der Waals surface area contributed by atoms with Crippen LogP contribution < -0.4 is 5.32 Å². The van der Waals surface area contributed by atoms with Gasteiger partial charge < -0.3 is 45.4 Å². The van der Waals surface area contributed by atoms with Crippen LogP contribution in [0.5, 0.6) is 0 Å². The molecule has 7 N–H and O–H groups in total. The first-order chi connectivity index (χ1) is 36.3. The molecule has 1 saturated heterocycles. The smallest absolute Gasteiger partial charge is 0.249 e. The lowest BCUT2D eigenvalue weighted by Gasteiger charge is -2.40. The maximum absolute atomic E-state index is 13.1. The number of hydrogen-bond acceptors (Lipinski definition) is 9. The number of rotatable bonds is 55. The lowest BCUT2D eigenvalue weighted by molar-refractivity contribution is -0.302. The molecule has 1 aliphatic rings. The van der Waals surface area contributed by atoms with Crippen LogP contribution in [0.15, 0.2) is 36.5 Å². The predicted molar refractivity (Wildman–Crippen MR) is 310 cm³/mol. The molecular formula is C64H121NO9. The Kier molecular flexibility index (Phi) is 50.8. The highest BCUT2D eigenvalue weighted by Crippen LogP contribution is 2.23. The van der Waals surface area contributed by atoms with E-state index in [1.54, 1.807) is 6.08 Å². The van der Waals surface area contributed by atoms with E-state index < -0.39 is 61.5 Å². The van der Waals surface area contributed by atoms with Gasteiger partial charge in [0.2, 0.25) is 5.91 Å². The summed E-state index contributed by atoms with van der Waals surface area (Å²) in [6.07, 6.45) is 60.2. The summed E-state index contributed by atoms with van der Waals surface area (Å²) in [7, 11) is 0. The van der Waals surface area contributed by atoms with Crippen molar-refractivity contribution in [1.82, 2.24) is 5.32 Å². The number of aliphatic hydroxyl groups excluding tert-OH is 6. The number of carbonyl (C=O) groups is 1. The van der Waals surface area contributed by atoms with Gasteiger partial charge in [-0.15, -0.1) is 0 Å². The summed E-state index contributed by atoms with van der Waals surface area (Å²) in [6.45, 7) is 3.58. The van der Waals surface area contributed by atoms with E-state index in [1.807, 2.05) is 6.08 Å². The third kappa shape index (κ3) is 41.5. The fourth-order valence-electron chi connectivity index (χ4n) is 10.2. The molecule has 74 heavy (non-hydrogen) atoms. The Bertz CT molecular complexity index is 1280. The molecule has 1 amide bonds. The van der Waals surface area contributed by atoms with E-state index in [0.29, 0.717) is 19.3 Å². The van der Waals surface area contributed by atoms with E-state index in [4.69, 9.17) is 9.47 Å². The largest absolute Gasteiger partial charge is 0.394 e. The van der Waals surface area contributed by atoms with Crippen LogP contribution in [0.2, 0.25) is 0 Å². The Hall–Kier alpha value is -1.63. The average molecular weight is 1050 g/mol. The first-order valence-corrected chi connectivity index (χ1v) is 31.8. The Balaban J connectivity index is 2.09. The molecule has 1 heterocycles. The van der Waals surface area contributed by atoms with Crippen LogP contribution in [-0.2, 0) is 14.3 Å². The van der Waals surface area contributed by atoms with Gasteiger partial charge in [-0.05, 0) is 44.9 Å². The van der Waals surface area contributed by atoms with Gasteiger partial charge in [0.1, 0.15) is 30.5 Å². The van der Waals surface area contributed by atoms with Crippen LogP contribution in [0.25, 0.3) is 0 Å². The summed E-state index contributed by atoms with van der Waals surface area (Å²) in [4.78, 5) is 13.1. The molecule has 0 aromatic heterocycles. The van der Waals surface area contributed by atoms with Gasteiger partial charge in [-0.3, -0.25) is 4.79 Å². The van der Waals surface area contributed by atoms with Crippen LogP contribution in [0, 0.1) is 0 Å². The number of allylic oxidation sites excluding steroid dienone is 5. The molecule has 10 nitrogen and oxygen atoms in total. The number of nitrogens with one attached hydrogen (secondary N) is 1. The average Bonchev–Trinajstić information content (AvgIpc) is 3.40. The van der Waals surface area contributed by atoms with Gasteiger partial charge in [-0.25, -0.2) is 0 Å². The van der Waals surface area contributed by atoms with Crippen molar-refractivity contribution < 1.29 is 44.9 Å². The molecule has 8 unspecified atom stereocenters. The van der Waals surface area contributed by atoms with E-state index in [1.165, 1.54) is 225 Å². The molecule has 0 spiro atoms. The van der Waals surface area contributed by atoms with E-state index >= 15 is 0 Å². The normalized spacial score (nSPS) is 19.6. The van der Waals surface area contributed by atoms with Gasteiger partial charge in [0.05, 0.1) is 25.4 Å². The van der Waals surface area contributed by atoms with Gasteiger partial charge in [0, 0.05) is 0 Å². The van der Waals surface area contributed by atoms with Crippen molar-refractivity contribution in [3.63, 3.8) is 0 Å². The van der Waals surface area contributed by atoms with Crippen LogP contribution in [0.4, 0.5) is 0 Å². The van der Waals surface area contributed by atoms with Crippen LogP contribution in [0.3, 0.4) is 0 Å². The summed E-state index contributed by atoms with van der Waals surface area (Å²) in [5.74, 6) is -0.626. The Morgan fingerprint density at radius 3 is 1.18 bits per heavy atom. The molecule has 0 radical (unpaired) electrons. The summed E-state index contributed by atoms with van der Waals surface area (Å²) < 4.78 is 11.2. The highest BCUT2D eigenvalue weighted by molar-refractivity contribution is 5.80. The fraction of sp³-hybridized carbons (Fsp3) is 0.891. The molecule has 0 aromatic carbocycles. The molecular weight excluding hydrogens is 927 g/mol. The highest BCUT2D eigenvalue weighted by atomic mass is 16.7. The van der Waals surface area contributed by atoms with E-state index in [9.17, 15) is 35.4 Å². The van der Waals surface area contributed by atoms with Crippen LogP contribution in [0.1, 0.15) is 303 Å². The standard InChI is InChI=1S/C64H121NO9/c1-3-5-7-9-11-13-15-17-18-19-20-21-22-23-24-25-26-27-28-29-30-31-32-33-34-35-36-37-38-39-41-43-45-47-49-51-53-58(68)63(72)65-56(55-73-64-62(71)61(70)60(69)59(54-66)74-64)57(67)52-50-48-46-44-42-40-16-14-12-10-8-6-4-2/h12,14,42,44,50,52,56-62,64,66-71H,3-11,13,15-41,43,45-49,51,53-55H2,1-2H3,(H,65,72)/b14-12+,44-42+,52-50+. The minimum atomic E-state index is -1.62.